The zero-order valence-corrected chi connectivity index (χ0v) is 10.3. The van der Waals surface area contributed by atoms with Gasteiger partial charge in [0.1, 0.15) is 11.4 Å². The van der Waals surface area contributed by atoms with Crippen LogP contribution < -0.4 is 10.5 Å². The number of methoxy groups -OCH3 is 1. The monoisotopic (exact) mass is 318 g/mol. The number of nitrogens with zero attached hydrogens (tertiary/aromatic N) is 1. The maximum atomic E-state index is 12.6. The normalized spacial score (nSPS) is 12.2. The summed E-state index contributed by atoms with van der Waals surface area (Å²) in [6.07, 6.45) is -10.3. The van der Waals surface area contributed by atoms with Crippen molar-refractivity contribution in [1.82, 2.24) is 4.98 Å². The number of ether oxygens (including phenoxy) is 2. The molecule has 0 radical (unpaired) electrons. The lowest BCUT2D eigenvalue weighted by molar-refractivity contribution is -0.275. The van der Waals surface area contributed by atoms with Crippen molar-refractivity contribution in [3.05, 3.63) is 23.0 Å². The van der Waals surface area contributed by atoms with Gasteiger partial charge >= 0.3 is 18.5 Å². The van der Waals surface area contributed by atoms with Gasteiger partial charge in [-0.2, -0.15) is 13.2 Å². The molecule has 1 aromatic rings. The molecular weight excluding hydrogens is 310 g/mol. The summed E-state index contributed by atoms with van der Waals surface area (Å²) in [5.74, 6) is -2.62. The first-order chi connectivity index (χ1) is 9.49. The Labute approximate surface area is 113 Å². The molecule has 0 aliphatic heterocycles. The van der Waals surface area contributed by atoms with Gasteiger partial charge in [-0.25, -0.2) is 9.78 Å². The van der Waals surface area contributed by atoms with Gasteiger partial charge in [0.15, 0.2) is 5.69 Å². The van der Waals surface area contributed by atoms with E-state index in [-0.39, 0.29) is 6.07 Å². The number of carbonyl (C=O) groups is 1. The summed E-state index contributed by atoms with van der Waals surface area (Å²) in [5, 5.41) is 0. The summed E-state index contributed by atoms with van der Waals surface area (Å²) in [6.45, 7) is -0.707. The maximum Gasteiger partial charge on any atom is 0.573 e. The zero-order chi connectivity index (χ0) is 16.4. The van der Waals surface area contributed by atoms with Crippen LogP contribution in [0.2, 0.25) is 0 Å². The topological polar surface area (TPSA) is 74.4 Å². The van der Waals surface area contributed by atoms with Crippen LogP contribution in [0.5, 0.6) is 5.75 Å². The Kier molecular flexibility index (Phi) is 4.66. The second-order valence-electron chi connectivity index (χ2n) is 3.57. The predicted octanol–water partition coefficient (Wildman–Crippen LogP) is 2.24. The molecule has 1 aromatic heterocycles. The molecule has 0 saturated carbocycles. The number of hydrogen-bond donors (Lipinski definition) is 1. The summed E-state index contributed by atoms with van der Waals surface area (Å²) in [4.78, 5) is 14.3. The molecule has 1 heterocycles. The van der Waals surface area contributed by atoms with Gasteiger partial charge in [0.2, 0.25) is 0 Å². The third kappa shape index (κ3) is 4.21. The highest BCUT2D eigenvalue weighted by atomic mass is 19.4. The molecule has 0 aromatic carbocycles. The average Bonchev–Trinajstić information content (AvgIpc) is 2.33. The van der Waals surface area contributed by atoms with E-state index in [4.69, 9.17) is 5.73 Å². The first kappa shape index (κ1) is 17.0. The predicted molar refractivity (Wildman–Crippen MR) is 55.2 cm³/mol. The third-order valence-corrected chi connectivity index (χ3v) is 2.18. The standard InChI is InChI=1S/C10H8F6N2O3/c1-20-8(19)7-4(3-17)5(21-10(14,15)16)2-6(18-7)9(11,12)13/h2H,3,17H2,1H3. The van der Waals surface area contributed by atoms with Crippen molar-refractivity contribution in [2.24, 2.45) is 5.73 Å². The third-order valence-electron chi connectivity index (χ3n) is 2.18. The largest absolute Gasteiger partial charge is 0.573 e. The second kappa shape index (κ2) is 5.76. The van der Waals surface area contributed by atoms with Crippen LogP contribution in [0.1, 0.15) is 21.7 Å². The molecule has 0 amide bonds. The number of esters is 1. The van der Waals surface area contributed by atoms with Crippen molar-refractivity contribution in [2.75, 3.05) is 7.11 Å². The first-order valence-electron chi connectivity index (χ1n) is 5.15. The first-order valence-corrected chi connectivity index (χ1v) is 5.15. The summed E-state index contributed by atoms with van der Waals surface area (Å²) in [6, 6.07) is 0.0160. The molecule has 0 unspecified atom stereocenters. The Bertz CT molecular complexity index is 541. The minimum Gasteiger partial charge on any atom is -0.464 e. The van der Waals surface area contributed by atoms with Gasteiger partial charge in [-0.05, 0) is 0 Å². The van der Waals surface area contributed by atoms with E-state index in [1.165, 1.54) is 0 Å². The van der Waals surface area contributed by atoms with Crippen molar-refractivity contribution >= 4 is 5.97 Å². The Morgan fingerprint density at radius 2 is 1.86 bits per heavy atom. The molecule has 0 aliphatic carbocycles. The van der Waals surface area contributed by atoms with Crippen molar-refractivity contribution < 1.29 is 40.6 Å². The lowest BCUT2D eigenvalue weighted by atomic mass is 10.1. The molecule has 2 N–H and O–H groups in total. The fourth-order valence-corrected chi connectivity index (χ4v) is 1.37. The van der Waals surface area contributed by atoms with E-state index in [1.54, 1.807) is 0 Å². The average molecular weight is 318 g/mol. The van der Waals surface area contributed by atoms with Gasteiger partial charge in [-0.1, -0.05) is 0 Å². The Hall–Kier alpha value is -2.04. The van der Waals surface area contributed by atoms with Gasteiger partial charge in [0.25, 0.3) is 0 Å². The number of aromatic nitrogens is 1. The van der Waals surface area contributed by atoms with Crippen LogP contribution in [-0.4, -0.2) is 24.4 Å². The maximum absolute atomic E-state index is 12.6. The molecule has 11 heteroatoms. The Morgan fingerprint density at radius 1 is 1.29 bits per heavy atom. The number of pyridine rings is 1. The SMILES string of the molecule is COC(=O)c1nc(C(F)(F)F)cc(OC(F)(F)F)c1CN. The molecule has 0 fully saturated rings. The summed E-state index contributed by atoms with van der Waals surface area (Å²) in [7, 11) is 0.828. The molecule has 0 spiro atoms. The van der Waals surface area contributed by atoms with Gasteiger partial charge in [-0.15, -0.1) is 13.2 Å². The Morgan fingerprint density at radius 3 is 2.24 bits per heavy atom. The molecule has 21 heavy (non-hydrogen) atoms. The van der Waals surface area contributed by atoms with E-state index in [0.717, 1.165) is 7.11 Å². The molecule has 0 aliphatic rings. The van der Waals surface area contributed by atoms with E-state index in [2.05, 4.69) is 14.5 Å². The van der Waals surface area contributed by atoms with Crippen LogP contribution in [0, 0.1) is 0 Å². The van der Waals surface area contributed by atoms with E-state index in [0.29, 0.717) is 0 Å². The molecule has 5 nitrogen and oxygen atoms in total. The summed E-state index contributed by atoms with van der Waals surface area (Å²) >= 11 is 0. The number of nitrogens with two attached hydrogens (primary N) is 1. The number of halogens is 6. The summed E-state index contributed by atoms with van der Waals surface area (Å²) in [5.41, 5.74) is 1.77. The lowest BCUT2D eigenvalue weighted by Gasteiger charge is -2.17. The minimum atomic E-state index is -5.26. The highest BCUT2D eigenvalue weighted by molar-refractivity contribution is 5.89. The van der Waals surface area contributed by atoms with E-state index < -0.39 is 47.8 Å². The van der Waals surface area contributed by atoms with Crippen molar-refractivity contribution in [2.45, 2.75) is 19.1 Å². The van der Waals surface area contributed by atoms with Crippen LogP contribution in [0.4, 0.5) is 26.3 Å². The lowest BCUT2D eigenvalue weighted by Crippen LogP contribution is -2.23. The van der Waals surface area contributed by atoms with E-state index in [9.17, 15) is 31.1 Å². The van der Waals surface area contributed by atoms with E-state index >= 15 is 0 Å². The number of hydrogen-bond acceptors (Lipinski definition) is 5. The van der Waals surface area contributed by atoms with Crippen LogP contribution in [0.3, 0.4) is 0 Å². The van der Waals surface area contributed by atoms with Crippen molar-refractivity contribution in [3.63, 3.8) is 0 Å². The summed E-state index contributed by atoms with van der Waals surface area (Å²) < 4.78 is 82.1. The molecular formula is C10H8F6N2O3. The van der Waals surface area contributed by atoms with Gasteiger partial charge in [-0.3, -0.25) is 0 Å². The molecule has 0 atom stereocenters. The number of alkyl halides is 6. The Balaban J connectivity index is 3.56. The fraction of sp³-hybridized carbons (Fsp3) is 0.400. The van der Waals surface area contributed by atoms with Crippen LogP contribution in [-0.2, 0) is 17.5 Å². The van der Waals surface area contributed by atoms with E-state index in [1.807, 2.05) is 0 Å². The molecule has 0 bridgehead atoms. The molecule has 118 valence electrons. The highest BCUT2D eigenvalue weighted by Crippen LogP contribution is 2.35. The van der Waals surface area contributed by atoms with Crippen LogP contribution in [0.25, 0.3) is 0 Å². The number of carbonyl (C=O) groups excluding carboxylic acids is 1. The molecule has 0 saturated heterocycles. The highest BCUT2D eigenvalue weighted by Gasteiger charge is 2.38. The second-order valence-corrected chi connectivity index (χ2v) is 3.57. The smallest absolute Gasteiger partial charge is 0.464 e. The van der Waals surface area contributed by atoms with Crippen LogP contribution >= 0.6 is 0 Å². The van der Waals surface area contributed by atoms with Crippen LogP contribution in [0.15, 0.2) is 6.07 Å². The number of rotatable bonds is 3. The van der Waals surface area contributed by atoms with Gasteiger partial charge in [0.05, 0.1) is 7.11 Å². The van der Waals surface area contributed by atoms with Gasteiger partial charge < -0.3 is 15.2 Å². The van der Waals surface area contributed by atoms with Crippen molar-refractivity contribution in [3.8, 4) is 5.75 Å². The minimum absolute atomic E-state index is 0.0160. The van der Waals surface area contributed by atoms with Gasteiger partial charge in [0, 0.05) is 18.2 Å². The quantitative estimate of drug-likeness (QED) is 0.683. The molecule has 1 rings (SSSR count). The van der Waals surface area contributed by atoms with Crippen molar-refractivity contribution in [1.29, 1.82) is 0 Å². The zero-order valence-electron chi connectivity index (χ0n) is 10.3. The fourth-order valence-electron chi connectivity index (χ4n) is 1.37.